The van der Waals surface area contributed by atoms with Crippen LogP contribution < -0.4 is 14.4 Å². The van der Waals surface area contributed by atoms with Crippen LogP contribution in [0.5, 0.6) is 11.5 Å². The van der Waals surface area contributed by atoms with Crippen LogP contribution in [-0.2, 0) is 4.79 Å². The highest BCUT2D eigenvalue weighted by Crippen LogP contribution is 2.38. The molecule has 0 atom stereocenters. The number of anilines is 1. The molecule has 9 nitrogen and oxygen atoms in total. The van der Waals surface area contributed by atoms with Gasteiger partial charge in [0.2, 0.25) is 0 Å². The van der Waals surface area contributed by atoms with Crippen molar-refractivity contribution in [3.05, 3.63) is 58.2 Å². The third-order valence-corrected chi connectivity index (χ3v) is 6.07. The smallest absolute Gasteiger partial charge is 0.270 e. The molecule has 0 bridgehead atoms. The summed E-state index contributed by atoms with van der Waals surface area (Å²) in [5.74, 6) is 1.10. The van der Waals surface area contributed by atoms with E-state index in [0.717, 1.165) is 23.2 Å². The van der Waals surface area contributed by atoms with Gasteiger partial charge in [-0.2, -0.15) is 0 Å². The number of hydrogen-bond donors (Lipinski definition) is 0. The average molecular weight is 505 g/mol. The number of carbonyl (C=O) groups is 1. The molecule has 34 heavy (non-hydrogen) atoms. The molecule has 1 aromatic heterocycles. The topological polar surface area (TPSA) is 98.0 Å². The van der Waals surface area contributed by atoms with E-state index < -0.39 is 4.92 Å². The summed E-state index contributed by atoms with van der Waals surface area (Å²) in [6.45, 7) is 2.30. The van der Waals surface area contributed by atoms with Crippen molar-refractivity contribution in [1.82, 2.24) is 9.88 Å². The van der Waals surface area contributed by atoms with Crippen LogP contribution >= 0.6 is 23.7 Å². The van der Waals surface area contributed by atoms with Gasteiger partial charge in [0.05, 0.1) is 15.1 Å². The Labute approximate surface area is 207 Å². The summed E-state index contributed by atoms with van der Waals surface area (Å²) in [6, 6.07) is 9.90. The van der Waals surface area contributed by atoms with E-state index in [-0.39, 0.29) is 24.0 Å². The van der Waals surface area contributed by atoms with Crippen LogP contribution in [0.2, 0.25) is 0 Å². The first-order chi connectivity index (χ1) is 15.9. The van der Waals surface area contributed by atoms with E-state index in [4.69, 9.17) is 9.47 Å². The molecule has 0 saturated carbocycles. The van der Waals surface area contributed by atoms with Crippen molar-refractivity contribution in [1.29, 1.82) is 0 Å². The van der Waals surface area contributed by atoms with Gasteiger partial charge in [-0.15, -0.1) is 12.4 Å². The van der Waals surface area contributed by atoms with Crippen LogP contribution in [-0.4, -0.2) is 61.1 Å². The van der Waals surface area contributed by atoms with E-state index in [1.807, 2.05) is 26.2 Å². The van der Waals surface area contributed by atoms with Crippen molar-refractivity contribution in [3.63, 3.8) is 0 Å². The van der Waals surface area contributed by atoms with Gasteiger partial charge in [-0.1, -0.05) is 23.5 Å². The third kappa shape index (κ3) is 6.02. The van der Waals surface area contributed by atoms with E-state index in [2.05, 4.69) is 9.88 Å². The van der Waals surface area contributed by atoms with Gasteiger partial charge in [-0.25, -0.2) is 4.98 Å². The number of non-ortho nitro benzene ring substituents is 1. The molecule has 0 N–H and O–H groups in total. The Balaban J connectivity index is 0.00000324. The van der Waals surface area contributed by atoms with Crippen molar-refractivity contribution in [2.45, 2.75) is 6.42 Å². The SMILES string of the molecule is CN(C)CCCN(C(=O)C=Cc1cccc([N+](=O)[O-])c1)c1nc2cc3c(cc2s1)OCCO3.Cl. The number of carbonyl (C=O) groups excluding carboxylic acids is 1. The molecule has 11 heteroatoms. The summed E-state index contributed by atoms with van der Waals surface area (Å²) < 4.78 is 12.2. The number of benzene rings is 2. The molecule has 0 spiro atoms. The van der Waals surface area contributed by atoms with E-state index in [0.29, 0.717) is 42.0 Å². The standard InChI is InChI=1S/C23H24N4O5S.ClH/c1-25(2)9-4-10-26(22(28)8-7-16-5-3-6-17(13-16)27(29)30)23-24-18-14-19-20(15-21(18)33-23)32-12-11-31-19;/h3,5-8,13-15H,4,9-12H2,1-2H3;1H. The van der Waals surface area contributed by atoms with Crippen molar-refractivity contribution in [3.8, 4) is 11.5 Å². The Bertz CT molecular complexity index is 1170. The molecule has 2 aromatic carbocycles. The fourth-order valence-electron chi connectivity index (χ4n) is 3.41. The van der Waals surface area contributed by atoms with Gasteiger partial charge in [0.1, 0.15) is 13.2 Å². The van der Waals surface area contributed by atoms with Crippen LogP contribution in [0, 0.1) is 10.1 Å². The second kappa shape index (κ2) is 11.3. The Morgan fingerprint density at radius 2 is 1.91 bits per heavy atom. The quantitative estimate of drug-likeness (QED) is 0.255. The highest BCUT2D eigenvalue weighted by atomic mass is 35.5. The number of rotatable bonds is 8. The first-order valence-electron chi connectivity index (χ1n) is 10.5. The van der Waals surface area contributed by atoms with Crippen molar-refractivity contribution >= 4 is 56.8 Å². The number of ether oxygens (including phenoxy) is 2. The van der Waals surface area contributed by atoms with E-state index >= 15 is 0 Å². The maximum Gasteiger partial charge on any atom is 0.270 e. The number of aromatic nitrogens is 1. The minimum Gasteiger partial charge on any atom is -0.486 e. The Morgan fingerprint density at radius 1 is 1.18 bits per heavy atom. The number of thiazole rings is 1. The molecule has 0 aliphatic carbocycles. The van der Waals surface area contributed by atoms with E-state index in [1.54, 1.807) is 23.1 Å². The lowest BCUT2D eigenvalue weighted by atomic mass is 10.2. The summed E-state index contributed by atoms with van der Waals surface area (Å²) in [7, 11) is 3.97. The molecular formula is C23H25ClN4O5S. The summed E-state index contributed by atoms with van der Waals surface area (Å²) in [6.07, 6.45) is 3.78. The first-order valence-corrected chi connectivity index (χ1v) is 11.3. The van der Waals surface area contributed by atoms with Gasteiger partial charge in [0, 0.05) is 36.9 Å². The Morgan fingerprint density at radius 3 is 2.62 bits per heavy atom. The highest BCUT2D eigenvalue weighted by Gasteiger charge is 2.20. The molecular weight excluding hydrogens is 480 g/mol. The zero-order valence-corrected chi connectivity index (χ0v) is 20.4. The van der Waals surface area contributed by atoms with Gasteiger partial charge in [-0.3, -0.25) is 19.8 Å². The van der Waals surface area contributed by atoms with E-state index in [9.17, 15) is 14.9 Å². The second-order valence-corrected chi connectivity index (χ2v) is 8.80. The number of amides is 1. The van der Waals surface area contributed by atoms with Crippen molar-refractivity contribution in [2.75, 3.05) is 45.3 Å². The molecule has 180 valence electrons. The molecule has 4 rings (SSSR count). The lowest BCUT2D eigenvalue weighted by molar-refractivity contribution is -0.384. The zero-order valence-electron chi connectivity index (χ0n) is 18.8. The normalized spacial score (nSPS) is 12.7. The molecule has 1 amide bonds. The number of fused-ring (bicyclic) bond motifs is 2. The largest absolute Gasteiger partial charge is 0.486 e. The molecule has 2 heterocycles. The first kappa shape index (κ1) is 25.4. The molecule has 0 saturated heterocycles. The number of nitrogens with zero attached hydrogens (tertiary/aromatic N) is 4. The number of halogens is 1. The molecule has 1 aliphatic rings. The summed E-state index contributed by atoms with van der Waals surface area (Å²) >= 11 is 1.42. The maximum absolute atomic E-state index is 13.2. The fourth-order valence-corrected chi connectivity index (χ4v) is 4.42. The molecule has 3 aromatic rings. The predicted octanol–water partition coefficient (Wildman–Crippen LogP) is 4.40. The molecule has 0 unspecified atom stereocenters. The summed E-state index contributed by atoms with van der Waals surface area (Å²) in [5, 5.41) is 11.6. The van der Waals surface area contributed by atoms with Gasteiger partial charge >= 0.3 is 0 Å². The molecule has 0 radical (unpaired) electrons. The van der Waals surface area contributed by atoms with Gasteiger partial charge < -0.3 is 14.4 Å². The Kier molecular flexibility index (Phi) is 8.43. The number of nitro benzene ring substituents is 1. The highest BCUT2D eigenvalue weighted by molar-refractivity contribution is 7.22. The van der Waals surface area contributed by atoms with Crippen LogP contribution in [0.1, 0.15) is 12.0 Å². The third-order valence-electron chi connectivity index (χ3n) is 5.02. The monoisotopic (exact) mass is 504 g/mol. The summed E-state index contributed by atoms with van der Waals surface area (Å²) in [4.78, 5) is 32.1. The minimum absolute atomic E-state index is 0. The van der Waals surface area contributed by atoms with Gasteiger partial charge in [0.15, 0.2) is 16.6 Å². The number of nitro groups is 1. The molecule has 0 fully saturated rings. The van der Waals surface area contributed by atoms with E-state index in [1.165, 1.54) is 29.5 Å². The van der Waals surface area contributed by atoms with Crippen LogP contribution in [0.15, 0.2) is 42.5 Å². The van der Waals surface area contributed by atoms with Crippen molar-refractivity contribution < 1.29 is 19.2 Å². The van der Waals surface area contributed by atoms with Crippen molar-refractivity contribution in [2.24, 2.45) is 0 Å². The molecule has 1 aliphatic heterocycles. The second-order valence-electron chi connectivity index (χ2n) is 7.79. The van der Waals surface area contributed by atoms with Gasteiger partial charge in [0.25, 0.3) is 11.6 Å². The number of hydrogen-bond acceptors (Lipinski definition) is 8. The fraction of sp³-hybridized carbons (Fsp3) is 0.304. The van der Waals surface area contributed by atoms with Crippen LogP contribution in [0.4, 0.5) is 10.8 Å². The average Bonchev–Trinajstić information content (AvgIpc) is 3.21. The van der Waals surface area contributed by atoms with Gasteiger partial charge in [-0.05, 0) is 38.7 Å². The Hall–Kier alpha value is -3.21. The van der Waals surface area contributed by atoms with Crippen LogP contribution in [0.3, 0.4) is 0 Å². The lowest BCUT2D eigenvalue weighted by Crippen LogP contribution is -2.32. The maximum atomic E-state index is 13.2. The lowest BCUT2D eigenvalue weighted by Gasteiger charge is -2.19. The predicted molar refractivity (Wildman–Crippen MR) is 136 cm³/mol. The van der Waals surface area contributed by atoms with Crippen LogP contribution in [0.25, 0.3) is 16.3 Å². The minimum atomic E-state index is -0.457. The summed E-state index contributed by atoms with van der Waals surface area (Å²) in [5.41, 5.74) is 1.30. The zero-order chi connectivity index (χ0) is 23.4.